The molecule has 4 nitrogen and oxygen atoms in total. The van der Waals surface area contributed by atoms with Crippen LogP contribution in [-0.2, 0) is 10.1 Å². The third kappa shape index (κ3) is 3.94. The number of nitrogens with one attached hydrogen (secondary N) is 1. The highest BCUT2D eigenvalue weighted by atomic mass is 32.2. The van der Waals surface area contributed by atoms with E-state index >= 15 is 0 Å². The number of rotatable bonds is 4. The van der Waals surface area contributed by atoms with Gasteiger partial charge in [0.15, 0.2) is 0 Å². The third-order valence-electron chi connectivity index (χ3n) is 2.81. The SMILES string of the molecule is CC(CNC1CCCCC1)S(=O)(=O)O. The molecule has 2 N–H and O–H groups in total. The molecule has 1 aliphatic carbocycles. The first-order valence-electron chi connectivity index (χ1n) is 5.20. The summed E-state index contributed by atoms with van der Waals surface area (Å²) in [4.78, 5) is 0. The lowest BCUT2D eigenvalue weighted by molar-refractivity contribution is 0.370. The zero-order valence-corrected chi connectivity index (χ0v) is 9.39. The molecule has 1 atom stereocenters. The van der Waals surface area contributed by atoms with E-state index in [0.29, 0.717) is 12.6 Å². The predicted molar refractivity (Wildman–Crippen MR) is 55.9 cm³/mol. The van der Waals surface area contributed by atoms with Gasteiger partial charge in [-0.1, -0.05) is 19.3 Å². The van der Waals surface area contributed by atoms with Crippen molar-refractivity contribution in [2.45, 2.75) is 50.3 Å². The largest absolute Gasteiger partial charge is 0.313 e. The van der Waals surface area contributed by atoms with Crippen molar-refractivity contribution in [3.63, 3.8) is 0 Å². The summed E-state index contributed by atoms with van der Waals surface area (Å²) in [5, 5.41) is 2.48. The molecule has 0 heterocycles. The second-order valence-electron chi connectivity index (χ2n) is 4.07. The molecule has 5 heteroatoms. The highest BCUT2D eigenvalue weighted by Crippen LogP contribution is 2.17. The van der Waals surface area contributed by atoms with Crippen LogP contribution in [0.5, 0.6) is 0 Å². The molecule has 1 saturated carbocycles. The molecule has 0 aromatic carbocycles. The van der Waals surface area contributed by atoms with Gasteiger partial charge in [-0.05, 0) is 19.8 Å². The first-order valence-corrected chi connectivity index (χ1v) is 6.70. The molecule has 1 fully saturated rings. The van der Waals surface area contributed by atoms with Crippen LogP contribution in [-0.4, -0.2) is 30.8 Å². The lowest BCUT2D eigenvalue weighted by Gasteiger charge is -2.23. The Morgan fingerprint density at radius 1 is 1.36 bits per heavy atom. The lowest BCUT2D eigenvalue weighted by atomic mass is 9.95. The average molecular weight is 221 g/mol. The monoisotopic (exact) mass is 221 g/mol. The van der Waals surface area contributed by atoms with Gasteiger partial charge in [-0.3, -0.25) is 4.55 Å². The van der Waals surface area contributed by atoms with Crippen LogP contribution in [0.3, 0.4) is 0 Å². The summed E-state index contributed by atoms with van der Waals surface area (Å²) >= 11 is 0. The van der Waals surface area contributed by atoms with E-state index in [1.165, 1.54) is 26.2 Å². The summed E-state index contributed by atoms with van der Waals surface area (Å²) < 4.78 is 30.2. The van der Waals surface area contributed by atoms with Crippen LogP contribution in [0, 0.1) is 0 Å². The maximum absolute atomic E-state index is 10.7. The van der Waals surface area contributed by atoms with Gasteiger partial charge in [0.1, 0.15) is 0 Å². The van der Waals surface area contributed by atoms with Crippen molar-refractivity contribution < 1.29 is 13.0 Å². The molecule has 0 amide bonds. The Balaban J connectivity index is 2.25. The van der Waals surface area contributed by atoms with E-state index in [0.717, 1.165) is 12.8 Å². The Labute approximate surface area is 85.8 Å². The van der Waals surface area contributed by atoms with E-state index in [2.05, 4.69) is 5.32 Å². The fourth-order valence-electron chi connectivity index (χ4n) is 1.74. The molecular weight excluding hydrogens is 202 g/mol. The number of hydrogen-bond acceptors (Lipinski definition) is 3. The Morgan fingerprint density at radius 2 is 1.93 bits per heavy atom. The van der Waals surface area contributed by atoms with Crippen molar-refractivity contribution in [1.82, 2.24) is 5.32 Å². The van der Waals surface area contributed by atoms with Crippen molar-refractivity contribution in [2.24, 2.45) is 0 Å². The van der Waals surface area contributed by atoms with Crippen LogP contribution in [0.2, 0.25) is 0 Å². The van der Waals surface area contributed by atoms with Crippen LogP contribution in [0.1, 0.15) is 39.0 Å². The normalized spacial score (nSPS) is 22.1. The molecule has 84 valence electrons. The summed E-state index contributed by atoms with van der Waals surface area (Å²) in [6.07, 6.45) is 5.97. The van der Waals surface area contributed by atoms with E-state index in [9.17, 15) is 8.42 Å². The predicted octanol–water partition coefficient (Wildman–Crippen LogP) is 1.19. The van der Waals surface area contributed by atoms with Gasteiger partial charge in [-0.2, -0.15) is 8.42 Å². The lowest BCUT2D eigenvalue weighted by Crippen LogP contribution is -2.38. The maximum atomic E-state index is 10.7. The molecule has 1 unspecified atom stereocenters. The Hall–Kier alpha value is -0.130. The van der Waals surface area contributed by atoms with Gasteiger partial charge in [-0.15, -0.1) is 0 Å². The van der Waals surface area contributed by atoms with Gasteiger partial charge in [-0.25, -0.2) is 0 Å². The molecule has 1 aliphatic rings. The maximum Gasteiger partial charge on any atom is 0.268 e. The van der Waals surface area contributed by atoms with Crippen LogP contribution in [0.25, 0.3) is 0 Å². The van der Waals surface area contributed by atoms with Gasteiger partial charge in [0.05, 0.1) is 5.25 Å². The number of hydrogen-bond donors (Lipinski definition) is 2. The minimum Gasteiger partial charge on any atom is -0.313 e. The van der Waals surface area contributed by atoms with Gasteiger partial charge >= 0.3 is 0 Å². The summed E-state index contributed by atoms with van der Waals surface area (Å²) in [7, 11) is -3.87. The van der Waals surface area contributed by atoms with E-state index in [4.69, 9.17) is 4.55 Å². The fraction of sp³-hybridized carbons (Fsp3) is 1.00. The zero-order valence-electron chi connectivity index (χ0n) is 8.57. The molecule has 0 spiro atoms. The van der Waals surface area contributed by atoms with Crippen LogP contribution < -0.4 is 5.32 Å². The molecule has 0 bridgehead atoms. The van der Waals surface area contributed by atoms with Crippen LogP contribution in [0.4, 0.5) is 0 Å². The Bertz CT molecular complexity index is 257. The summed E-state index contributed by atoms with van der Waals surface area (Å²) in [6.45, 7) is 1.87. The van der Waals surface area contributed by atoms with E-state index in [1.807, 2.05) is 0 Å². The van der Waals surface area contributed by atoms with Crippen molar-refractivity contribution >= 4 is 10.1 Å². The second kappa shape index (κ2) is 5.09. The standard InChI is InChI=1S/C9H19NO3S/c1-8(14(11,12)13)7-10-9-5-3-2-4-6-9/h8-10H,2-7H2,1H3,(H,11,12,13). The first kappa shape index (κ1) is 11.9. The third-order valence-corrected chi connectivity index (χ3v) is 3.99. The molecule has 14 heavy (non-hydrogen) atoms. The van der Waals surface area contributed by atoms with Crippen LogP contribution in [0.15, 0.2) is 0 Å². The quantitative estimate of drug-likeness (QED) is 0.700. The highest BCUT2D eigenvalue weighted by molar-refractivity contribution is 7.86. The van der Waals surface area contributed by atoms with Gasteiger partial charge in [0.25, 0.3) is 10.1 Å². The Kier molecular flexibility index (Phi) is 4.34. The van der Waals surface area contributed by atoms with Crippen molar-refractivity contribution in [3.8, 4) is 0 Å². The van der Waals surface area contributed by atoms with E-state index in [-0.39, 0.29) is 0 Å². The topological polar surface area (TPSA) is 66.4 Å². The van der Waals surface area contributed by atoms with E-state index < -0.39 is 15.4 Å². The van der Waals surface area contributed by atoms with Crippen molar-refractivity contribution in [1.29, 1.82) is 0 Å². The molecule has 1 rings (SSSR count). The second-order valence-corrected chi connectivity index (χ2v) is 5.90. The minimum atomic E-state index is -3.87. The van der Waals surface area contributed by atoms with Gasteiger partial charge < -0.3 is 5.32 Å². The molecular formula is C9H19NO3S. The minimum absolute atomic E-state index is 0.351. The fourth-order valence-corrected chi connectivity index (χ4v) is 2.05. The highest BCUT2D eigenvalue weighted by Gasteiger charge is 2.19. The first-order chi connectivity index (χ1) is 6.50. The molecule has 0 aromatic heterocycles. The summed E-state index contributed by atoms with van der Waals surface area (Å²) in [5.74, 6) is 0. The van der Waals surface area contributed by atoms with Gasteiger partial charge in [0, 0.05) is 12.6 Å². The molecule has 0 radical (unpaired) electrons. The van der Waals surface area contributed by atoms with Gasteiger partial charge in [0.2, 0.25) is 0 Å². The molecule has 0 aromatic rings. The smallest absolute Gasteiger partial charge is 0.268 e. The average Bonchev–Trinajstić information content (AvgIpc) is 2.14. The zero-order chi connectivity index (χ0) is 10.6. The molecule has 0 aliphatic heterocycles. The molecule has 0 saturated heterocycles. The van der Waals surface area contributed by atoms with Crippen molar-refractivity contribution in [2.75, 3.05) is 6.54 Å². The van der Waals surface area contributed by atoms with Crippen molar-refractivity contribution in [3.05, 3.63) is 0 Å². The van der Waals surface area contributed by atoms with Crippen LogP contribution >= 0.6 is 0 Å². The summed E-state index contributed by atoms with van der Waals surface area (Å²) in [6, 6.07) is 0.438. The van der Waals surface area contributed by atoms with E-state index in [1.54, 1.807) is 0 Å². The Morgan fingerprint density at radius 3 is 2.43 bits per heavy atom. The summed E-state index contributed by atoms with van der Waals surface area (Å²) in [5.41, 5.74) is 0.